The van der Waals surface area contributed by atoms with Gasteiger partial charge in [0.1, 0.15) is 0 Å². The first-order valence-electron chi connectivity index (χ1n) is 5.43. The van der Waals surface area contributed by atoms with Crippen LogP contribution >= 0.6 is 11.6 Å². The zero-order valence-electron chi connectivity index (χ0n) is 9.56. The predicted octanol–water partition coefficient (Wildman–Crippen LogP) is 3.19. The minimum Gasteiger partial charge on any atom is -0.421 e. The Hall–Kier alpha value is -1.21. The molecule has 0 bridgehead atoms. The Morgan fingerprint density at radius 3 is 2.11 bits per heavy atom. The highest BCUT2D eigenvalue weighted by molar-refractivity contribution is 6.31. The molecule has 2 N–H and O–H groups in total. The second kappa shape index (κ2) is 4.72. The molecular formula is C11H10ClF4NO2. The molecule has 0 radical (unpaired) electrons. The topological polar surface area (TPSA) is 44.5 Å². The molecular weight excluding hydrogens is 290 g/mol. The van der Waals surface area contributed by atoms with Crippen molar-refractivity contribution >= 4 is 11.6 Å². The minimum absolute atomic E-state index is 0.136. The number of fused-ring (bicyclic) bond motifs is 1. The Bertz CT molecular complexity index is 496. The van der Waals surface area contributed by atoms with E-state index >= 15 is 0 Å². The summed E-state index contributed by atoms with van der Waals surface area (Å²) in [5, 5.41) is 0.136. The van der Waals surface area contributed by atoms with Crippen LogP contribution in [0.5, 0.6) is 11.5 Å². The summed E-state index contributed by atoms with van der Waals surface area (Å²) in [6.45, 7) is 0.388. The third kappa shape index (κ3) is 2.57. The van der Waals surface area contributed by atoms with Gasteiger partial charge in [-0.2, -0.15) is 17.6 Å². The maximum absolute atomic E-state index is 13.0. The fourth-order valence-corrected chi connectivity index (χ4v) is 1.86. The van der Waals surface area contributed by atoms with E-state index in [-0.39, 0.29) is 5.02 Å². The van der Waals surface area contributed by atoms with Gasteiger partial charge in [0.15, 0.2) is 11.5 Å². The quantitative estimate of drug-likeness (QED) is 0.872. The van der Waals surface area contributed by atoms with Gasteiger partial charge < -0.3 is 15.2 Å². The van der Waals surface area contributed by atoms with Gasteiger partial charge in [-0.3, -0.25) is 0 Å². The minimum atomic E-state index is -4.73. The third-order valence-corrected chi connectivity index (χ3v) is 2.93. The molecule has 106 valence electrons. The lowest BCUT2D eigenvalue weighted by molar-refractivity contribution is -0.391. The Morgan fingerprint density at radius 1 is 1.05 bits per heavy atom. The van der Waals surface area contributed by atoms with E-state index in [1.54, 1.807) is 0 Å². The van der Waals surface area contributed by atoms with Crippen molar-refractivity contribution in [3.63, 3.8) is 0 Å². The van der Waals surface area contributed by atoms with Crippen molar-refractivity contribution in [2.75, 3.05) is 6.54 Å². The molecule has 0 aromatic heterocycles. The molecule has 0 unspecified atom stereocenters. The second-order valence-corrected chi connectivity index (χ2v) is 4.43. The molecule has 1 aromatic carbocycles. The molecule has 2 rings (SSSR count). The molecule has 0 spiro atoms. The number of ether oxygens (including phenoxy) is 2. The monoisotopic (exact) mass is 299 g/mol. The van der Waals surface area contributed by atoms with E-state index in [2.05, 4.69) is 9.47 Å². The Balaban J connectivity index is 2.37. The molecule has 0 aliphatic carbocycles. The van der Waals surface area contributed by atoms with Crippen molar-refractivity contribution in [1.29, 1.82) is 0 Å². The smallest absolute Gasteiger partial charge is 0.421 e. The summed E-state index contributed by atoms with van der Waals surface area (Å²) in [6.07, 6.45) is -8.46. The molecule has 0 saturated carbocycles. The van der Waals surface area contributed by atoms with E-state index in [4.69, 9.17) is 17.3 Å². The molecule has 0 atom stereocenters. The fourth-order valence-electron chi connectivity index (χ4n) is 1.62. The molecule has 1 aromatic rings. The van der Waals surface area contributed by atoms with Crippen molar-refractivity contribution < 1.29 is 27.0 Å². The number of nitrogens with two attached hydrogens (primary N) is 1. The lowest BCUT2D eigenvalue weighted by Gasteiger charge is -2.32. The first kappa shape index (κ1) is 14.2. The van der Waals surface area contributed by atoms with E-state index in [9.17, 15) is 17.6 Å². The lowest BCUT2D eigenvalue weighted by atomic mass is 10.1. The fraction of sp³-hybridized carbons (Fsp3) is 0.455. The van der Waals surface area contributed by atoms with Crippen molar-refractivity contribution in [2.24, 2.45) is 5.73 Å². The number of aryl methyl sites for hydroxylation is 1. The number of benzene rings is 1. The number of hydrogen-bond donors (Lipinski definition) is 1. The number of rotatable bonds is 3. The highest BCUT2D eigenvalue weighted by Crippen LogP contribution is 2.48. The van der Waals surface area contributed by atoms with Crippen LogP contribution in [0.15, 0.2) is 12.1 Å². The molecule has 8 heteroatoms. The molecule has 0 fully saturated rings. The molecule has 19 heavy (non-hydrogen) atoms. The molecule has 1 heterocycles. The van der Waals surface area contributed by atoms with Crippen molar-refractivity contribution in [3.8, 4) is 11.5 Å². The summed E-state index contributed by atoms with van der Waals surface area (Å²) in [6, 6.07) is 2.20. The third-order valence-electron chi connectivity index (χ3n) is 2.58. The van der Waals surface area contributed by atoms with Gasteiger partial charge in [0, 0.05) is 11.1 Å². The number of halogens is 5. The van der Waals surface area contributed by atoms with Crippen LogP contribution in [-0.4, -0.2) is 18.8 Å². The average molecular weight is 300 g/mol. The van der Waals surface area contributed by atoms with Gasteiger partial charge in [0.2, 0.25) is 0 Å². The van der Waals surface area contributed by atoms with E-state index in [0.717, 1.165) is 12.1 Å². The molecule has 0 saturated heterocycles. The number of alkyl halides is 4. The summed E-state index contributed by atoms with van der Waals surface area (Å²) in [5.41, 5.74) is 5.81. The van der Waals surface area contributed by atoms with Crippen LogP contribution < -0.4 is 15.2 Å². The maximum atomic E-state index is 13.0. The van der Waals surface area contributed by atoms with E-state index in [1.165, 1.54) is 0 Å². The second-order valence-electron chi connectivity index (χ2n) is 4.02. The van der Waals surface area contributed by atoms with Crippen molar-refractivity contribution in [3.05, 3.63) is 22.7 Å². The Kier molecular flexibility index (Phi) is 3.53. The average Bonchev–Trinajstić information content (AvgIpc) is 2.28. The standard InChI is InChI=1S/C11H10ClF4NO2/c12-7-5-9-8(4-6(7)2-1-3-17)18-10(13,14)11(15,16)19-9/h4-5H,1-3,17H2. The van der Waals surface area contributed by atoms with Gasteiger partial charge in [-0.1, -0.05) is 11.6 Å². The zero-order valence-corrected chi connectivity index (χ0v) is 10.3. The van der Waals surface area contributed by atoms with Gasteiger partial charge in [0.05, 0.1) is 0 Å². The van der Waals surface area contributed by atoms with E-state index < -0.39 is 23.7 Å². The first-order valence-corrected chi connectivity index (χ1v) is 5.81. The molecule has 3 nitrogen and oxygen atoms in total. The van der Waals surface area contributed by atoms with Crippen LogP contribution in [0.2, 0.25) is 5.02 Å². The van der Waals surface area contributed by atoms with E-state index in [0.29, 0.717) is 24.9 Å². The first-order chi connectivity index (χ1) is 8.77. The Morgan fingerprint density at radius 2 is 1.58 bits per heavy atom. The van der Waals surface area contributed by atoms with Crippen LogP contribution in [0, 0.1) is 0 Å². The van der Waals surface area contributed by atoms with Crippen molar-refractivity contribution in [1.82, 2.24) is 0 Å². The maximum Gasteiger partial charge on any atom is 0.507 e. The highest BCUT2D eigenvalue weighted by Gasteiger charge is 2.66. The Labute approximate surface area is 111 Å². The predicted molar refractivity (Wildman–Crippen MR) is 60.0 cm³/mol. The van der Waals surface area contributed by atoms with Crippen LogP contribution in [-0.2, 0) is 6.42 Å². The van der Waals surface area contributed by atoms with E-state index in [1.807, 2.05) is 0 Å². The zero-order chi connectivity index (χ0) is 14.3. The van der Waals surface area contributed by atoms with Gasteiger partial charge in [-0.15, -0.1) is 0 Å². The van der Waals surface area contributed by atoms with Crippen LogP contribution in [0.4, 0.5) is 17.6 Å². The summed E-state index contributed by atoms with van der Waals surface area (Å²) in [7, 11) is 0. The summed E-state index contributed by atoms with van der Waals surface area (Å²) in [4.78, 5) is 0. The molecule has 1 aliphatic heterocycles. The molecule has 1 aliphatic rings. The van der Waals surface area contributed by atoms with Crippen LogP contribution in [0.3, 0.4) is 0 Å². The van der Waals surface area contributed by atoms with Gasteiger partial charge in [0.25, 0.3) is 0 Å². The van der Waals surface area contributed by atoms with Crippen molar-refractivity contribution in [2.45, 2.75) is 25.1 Å². The van der Waals surface area contributed by atoms with Gasteiger partial charge in [-0.25, -0.2) is 0 Å². The largest absolute Gasteiger partial charge is 0.507 e. The summed E-state index contributed by atoms with van der Waals surface area (Å²) in [5.74, 6) is -0.982. The van der Waals surface area contributed by atoms with Crippen LogP contribution in [0.1, 0.15) is 12.0 Å². The number of hydrogen-bond acceptors (Lipinski definition) is 3. The van der Waals surface area contributed by atoms with Crippen LogP contribution in [0.25, 0.3) is 0 Å². The summed E-state index contributed by atoms with van der Waals surface area (Å²) >= 11 is 5.85. The summed E-state index contributed by atoms with van der Waals surface area (Å²) < 4.78 is 59.8. The molecule has 0 amide bonds. The van der Waals surface area contributed by atoms with Gasteiger partial charge in [-0.05, 0) is 31.0 Å². The SMILES string of the molecule is NCCCc1cc2c(cc1Cl)OC(F)(F)C(F)(F)O2. The highest BCUT2D eigenvalue weighted by atomic mass is 35.5. The normalized spacial score (nSPS) is 19.3. The lowest BCUT2D eigenvalue weighted by Crippen LogP contribution is -2.52. The van der Waals surface area contributed by atoms with Gasteiger partial charge >= 0.3 is 12.2 Å².